The molecule has 0 radical (unpaired) electrons. The molecular weight excluding hydrogens is 480 g/mol. The van der Waals surface area contributed by atoms with Crippen molar-refractivity contribution in [3.05, 3.63) is 28.4 Å². The van der Waals surface area contributed by atoms with Gasteiger partial charge in [0.15, 0.2) is 5.75 Å². The van der Waals surface area contributed by atoms with Gasteiger partial charge in [0.25, 0.3) is 0 Å². The Kier molecular flexibility index (Phi) is 15.7. The highest BCUT2D eigenvalue weighted by Crippen LogP contribution is 2.38. The summed E-state index contributed by atoms with van der Waals surface area (Å²) in [7, 11) is 0. The molecule has 1 amide bonds. The minimum absolute atomic E-state index is 0.00144. The number of nitrogens with one attached hydrogen (secondary N) is 1. The van der Waals surface area contributed by atoms with E-state index in [0.717, 1.165) is 36.8 Å². The third-order valence-corrected chi connectivity index (χ3v) is 7.64. The molecule has 0 fully saturated rings. The fourth-order valence-corrected chi connectivity index (χ4v) is 5.38. The van der Waals surface area contributed by atoms with Gasteiger partial charge < -0.3 is 10.4 Å². The maximum Gasteiger partial charge on any atom is 0.221 e. The van der Waals surface area contributed by atoms with Crippen LogP contribution in [0, 0.1) is 0 Å². The Morgan fingerprint density at radius 3 is 1.78 bits per heavy atom. The van der Waals surface area contributed by atoms with Gasteiger partial charge in [0.1, 0.15) is 5.52 Å². The van der Waals surface area contributed by atoms with Crippen LogP contribution in [0.4, 0.5) is 5.69 Å². The van der Waals surface area contributed by atoms with Gasteiger partial charge in [-0.05, 0) is 43.4 Å². The summed E-state index contributed by atoms with van der Waals surface area (Å²) < 4.78 is 0. The van der Waals surface area contributed by atoms with E-state index in [-0.39, 0.29) is 11.7 Å². The van der Waals surface area contributed by atoms with E-state index in [1.54, 1.807) is 6.07 Å². The van der Waals surface area contributed by atoms with Crippen LogP contribution < -0.4 is 5.32 Å². The van der Waals surface area contributed by atoms with Crippen LogP contribution in [0.15, 0.2) is 12.1 Å². The van der Waals surface area contributed by atoms with E-state index in [4.69, 9.17) is 16.6 Å². The quantitative estimate of drug-likeness (QED) is 0.132. The van der Waals surface area contributed by atoms with Crippen molar-refractivity contribution in [1.82, 2.24) is 4.98 Å². The molecule has 0 atom stereocenters. The summed E-state index contributed by atoms with van der Waals surface area (Å²) in [5.41, 5.74) is 3.14. The molecule has 0 spiro atoms. The maximum atomic E-state index is 11.6. The molecule has 2 rings (SSSR count). The zero-order chi connectivity index (χ0) is 26.9. The number of carbonyl (C=O) groups excluding carboxylic acids is 1. The molecule has 0 bridgehead atoms. The van der Waals surface area contributed by atoms with Gasteiger partial charge in [-0.25, -0.2) is 4.98 Å². The van der Waals surface area contributed by atoms with Gasteiger partial charge in [-0.2, -0.15) is 0 Å². The van der Waals surface area contributed by atoms with Crippen molar-refractivity contribution < 1.29 is 9.90 Å². The van der Waals surface area contributed by atoms with Crippen molar-refractivity contribution in [2.45, 2.75) is 143 Å². The first-order valence-electron chi connectivity index (χ1n) is 15.1. The van der Waals surface area contributed by atoms with Gasteiger partial charge in [0.2, 0.25) is 5.91 Å². The number of phenolic OH excluding ortho intramolecular Hbond substituents is 1. The first-order valence-corrected chi connectivity index (χ1v) is 15.5. The molecule has 1 heterocycles. The number of benzene rings is 1. The van der Waals surface area contributed by atoms with Crippen LogP contribution in [-0.4, -0.2) is 16.0 Å². The molecule has 0 aliphatic carbocycles. The van der Waals surface area contributed by atoms with Crippen molar-refractivity contribution in [1.29, 1.82) is 0 Å². The van der Waals surface area contributed by atoms with Crippen molar-refractivity contribution >= 4 is 34.1 Å². The molecule has 0 aliphatic rings. The third kappa shape index (κ3) is 11.6. The molecule has 2 N–H and O–H groups in total. The second-order valence-electron chi connectivity index (χ2n) is 10.7. The minimum Gasteiger partial charge on any atom is -0.504 e. The highest BCUT2D eigenvalue weighted by molar-refractivity contribution is 6.36. The van der Waals surface area contributed by atoms with Crippen LogP contribution in [-0.2, 0) is 17.6 Å². The Morgan fingerprint density at radius 1 is 0.784 bits per heavy atom. The van der Waals surface area contributed by atoms with E-state index >= 15 is 0 Å². The zero-order valence-electron chi connectivity index (χ0n) is 23.8. The monoisotopic (exact) mass is 530 g/mol. The molecule has 37 heavy (non-hydrogen) atoms. The normalized spacial score (nSPS) is 11.4. The number of halogens is 1. The van der Waals surface area contributed by atoms with E-state index in [1.165, 1.54) is 109 Å². The minimum atomic E-state index is -0.244. The van der Waals surface area contributed by atoms with Crippen LogP contribution in [0.2, 0.25) is 5.02 Å². The molecule has 1 aromatic heterocycles. The molecule has 2 aromatic rings. The average molecular weight is 531 g/mol. The molecule has 0 saturated carbocycles. The first-order chi connectivity index (χ1) is 18.0. The largest absolute Gasteiger partial charge is 0.504 e. The number of aryl methyl sites for hydroxylation is 2. The molecule has 0 unspecified atom stereocenters. The summed E-state index contributed by atoms with van der Waals surface area (Å²) in [6, 6.07) is 3.76. The lowest BCUT2D eigenvalue weighted by atomic mass is 9.98. The molecule has 208 valence electrons. The number of nitrogens with zero attached hydrogens (tertiary/aromatic N) is 1. The number of unbranched alkanes of at least 4 members (excludes halogenated alkanes) is 15. The molecule has 0 aliphatic heterocycles. The smallest absolute Gasteiger partial charge is 0.221 e. The topological polar surface area (TPSA) is 62.2 Å². The number of aromatic hydroxyl groups is 1. The fraction of sp³-hybridized carbons (Fsp3) is 0.688. The van der Waals surface area contributed by atoms with Crippen molar-refractivity contribution in [2.75, 3.05) is 5.32 Å². The van der Waals surface area contributed by atoms with Gasteiger partial charge in [-0.15, -0.1) is 0 Å². The number of pyridine rings is 1. The lowest BCUT2D eigenvalue weighted by molar-refractivity contribution is -0.114. The highest BCUT2D eigenvalue weighted by Gasteiger charge is 2.16. The van der Waals surface area contributed by atoms with Crippen LogP contribution in [0.25, 0.3) is 10.9 Å². The van der Waals surface area contributed by atoms with E-state index in [1.807, 2.05) is 0 Å². The molecule has 5 heteroatoms. The summed E-state index contributed by atoms with van der Waals surface area (Å²) in [5.74, 6) is -0.242. The summed E-state index contributed by atoms with van der Waals surface area (Å²) in [6.45, 7) is 5.95. The third-order valence-electron chi connectivity index (χ3n) is 7.33. The van der Waals surface area contributed by atoms with Crippen LogP contribution in [0.5, 0.6) is 5.75 Å². The average Bonchev–Trinajstić information content (AvgIpc) is 2.87. The van der Waals surface area contributed by atoms with E-state index in [2.05, 4.69) is 25.2 Å². The number of aromatic nitrogens is 1. The predicted octanol–water partition coefficient (Wildman–Crippen LogP) is 10.3. The SMILES string of the molecule is CCCCCCCCCCCc1nc2c(O)c(NC(C)=O)cc(Cl)c2cc1CCCCCCCCCC. The first kappa shape index (κ1) is 31.4. The summed E-state index contributed by atoms with van der Waals surface area (Å²) >= 11 is 6.59. The van der Waals surface area contributed by atoms with Gasteiger partial charge in [0.05, 0.1) is 10.7 Å². The number of amides is 1. The Morgan fingerprint density at radius 2 is 1.27 bits per heavy atom. The molecule has 4 nitrogen and oxygen atoms in total. The van der Waals surface area contributed by atoms with Gasteiger partial charge in [-0.3, -0.25) is 4.79 Å². The Balaban J connectivity index is 2.05. The summed E-state index contributed by atoms with van der Waals surface area (Å²) in [6.07, 6.45) is 23.9. The van der Waals surface area contributed by atoms with Crippen molar-refractivity contribution in [3.8, 4) is 5.75 Å². The Labute approximate surface area is 231 Å². The number of anilines is 1. The number of hydrogen-bond acceptors (Lipinski definition) is 3. The second kappa shape index (κ2) is 18.4. The molecule has 0 saturated heterocycles. The number of carbonyl (C=O) groups is 1. The second-order valence-corrected chi connectivity index (χ2v) is 11.1. The standard InChI is InChI=1S/C32H51ClN2O2/c1-4-6-8-10-12-14-16-18-20-22-29-26(21-19-17-15-13-11-9-7-5-2)23-27-28(33)24-30(34-25(3)36)32(37)31(27)35-29/h23-24,37H,4-22H2,1-3H3,(H,34,36). The van der Waals surface area contributed by atoms with Crippen molar-refractivity contribution in [2.24, 2.45) is 0 Å². The van der Waals surface area contributed by atoms with Crippen LogP contribution in [0.1, 0.15) is 141 Å². The van der Waals surface area contributed by atoms with Crippen LogP contribution >= 0.6 is 11.6 Å². The van der Waals surface area contributed by atoms with Gasteiger partial charge in [-0.1, -0.05) is 122 Å². The molecule has 1 aromatic carbocycles. The van der Waals surface area contributed by atoms with Gasteiger partial charge in [0, 0.05) is 18.0 Å². The number of fused-ring (bicyclic) bond motifs is 1. The lowest BCUT2D eigenvalue weighted by Crippen LogP contribution is -2.07. The van der Waals surface area contributed by atoms with E-state index in [0.29, 0.717) is 16.2 Å². The Hall–Kier alpha value is -1.81. The predicted molar refractivity (Wildman–Crippen MR) is 160 cm³/mol. The van der Waals surface area contributed by atoms with Gasteiger partial charge >= 0.3 is 0 Å². The highest BCUT2D eigenvalue weighted by atomic mass is 35.5. The zero-order valence-corrected chi connectivity index (χ0v) is 24.5. The summed E-state index contributed by atoms with van der Waals surface area (Å²) in [4.78, 5) is 16.5. The summed E-state index contributed by atoms with van der Waals surface area (Å²) in [5, 5.41) is 14.8. The van der Waals surface area contributed by atoms with E-state index in [9.17, 15) is 9.90 Å². The van der Waals surface area contributed by atoms with Crippen molar-refractivity contribution in [3.63, 3.8) is 0 Å². The van der Waals surface area contributed by atoms with Crippen LogP contribution in [0.3, 0.4) is 0 Å². The fourth-order valence-electron chi connectivity index (χ4n) is 5.13. The van der Waals surface area contributed by atoms with E-state index < -0.39 is 0 Å². The lowest BCUT2D eigenvalue weighted by Gasteiger charge is -2.15. The maximum absolute atomic E-state index is 11.6. The number of hydrogen-bond donors (Lipinski definition) is 2. The molecular formula is C32H51ClN2O2. The number of phenols is 1. The number of rotatable bonds is 20. The Bertz CT molecular complexity index is 944.